The van der Waals surface area contributed by atoms with Crippen molar-refractivity contribution in [2.75, 3.05) is 18.6 Å². The van der Waals surface area contributed by atoms with Crippen molar-refractivity contribution in [1.29, 1.82) is 0 Å². The predicted octanol–water partition coefficient (Wildman–Crippen LogP) is -0.0730. The largest absolute Gasteiger partial charge is 0.480 e. The Hall–Kier alpha value is -3.84. The maximum atomic E-state index is 13.4. The van der Waals surface area contributed by atoms with E-state index in [1.165, 1.54) is 18.1 Å². The summed E-state index contributed by atoms with van der Waals surface area (Å²) in [5.74, 6) is -2.37. The molecule has 12 nitrogen and oxygen atoms in total. The minimum atomic E-state index is -1.20. The van der Waals surface area contributed by atoms with Crippen LogP contribution in [-0.2, 0) is 32.0 Å². The molecule has 2 heterocycles. The van der Waals surface area contributed by atoms with Gasteiger partial charge in [-0.1, -0.05) is 18.2 Å². The summed E-state index contributed by atoms with van der Waals surface area (Å²) < 4.78 is 0. The normalized spacial score (nSPS) is 13.5. The standard InChI is InChI=1S/C24H31N7O5S/c1-37-7-6-19(23(35)28-12-21(32)33)30-24(36)20(8-14-10-27-18-5-3-2-4-16(14)18)31-22(34)17(25)9-15-11-26-13-29-15/h2-5,10-11,13,17,19-20,27H,6-9,12,25H2,1H3,(H,26,29)(H,28,35)(H,30,36)(H,31,34)(H,32,33). The van der Waals surface area contributed by atoms with Gasteiger partial charge in [0.15, 0.2) is 0 Å². The van der Waals surface area contributed by atoms with E-state index in [0.29, 0.717) is 11.4 Å². The minimum Gasteiger partial charge on any atom is -0.480 e. The number of benzene rings is 1. The van der Waals surface area contributed by atoms with Gasteiger partial charge in [0.1, 0.15) is 18.6 Å². The number of hydrogen-bond acceptors (Lipinski definition) is 7. The third-order valence-corrected chi connectivity index (χ3v) is 6.36. The third kappa shape index (κ3) is 8.08. The first kappa shape index (κ1) is 27.7. The molecular weight excluding hydrogens is 498 g/mol. The SMILES string of the molecule is CSCCC(NC(=O)C(Cc1c[nH]c2ccccc12)NC(=O)C(N)Cc1cnc[nH]1)C(=O)NCC(=O)O. The number of carboxylic acid groups (broad SMARTS) is 1. The number of nitrogens with zero attached hydrogens (tertiary/aromatic N) is 1. The molecule has 3 atom stereocenters. The molecule has 2 aromatic heterocycles. The summed E-state index contributed by atoms with van der Waals surface area (Å²) in [7, 11) is 0. The van der Waals surface area contributed by atoms with Gasteiger partial charge in [-0.2, -0.15) is 11.8 Å². The first-order valence-electron chi connectivity index (χ1n) is 11.7. The summed E-state index contributed by atoms with van der Waals surface area (Å²) in [5, 5.41) is 17.5. The smallest absolute Gasteiger partial charge is 0.322 e. The number of thioether (sulfide) groups is 1. The Labute approximate surface area is 217 Å². The monoisotopic (exact) mass is 529 g/mol. The second kappa shape index (κ2) is 13.5. The molecule has 8 N–H and O–H groups in total. The van der Waals surface area contributed by atoms with Crippen LogP contribution in [0.25, 0.3) is 10.9 Å². The number of carbonyl (C=O) groups excluding carboxylic acids is 3. The van der Waals surface area contributed by atoms with Crippen LogP contribution in [0, 0.1) is 0 Å². The fourth-order valence-electron chi connectivity index (χ4n) is 3.80. The van der Waals surface area contributed by atoms with Crippen molar-refractivity contribution in [1.82, 2.24) is 30.9 Å². The maximum absolute atomic E-state index is 13.4. The van der Waals surface area contributed by atoms with Crippen LogP contribution in [0.3, 0.4) is 0 Å². The summed E-state index contributed by atoms with van der Waals surface area (Å²) in [6, 6.07) is 4.61. The highest BCUT2D eigenvalue weighted by Gasteiger charge is 2.29. The molecule has 3 rings (SSSR count). The number of carbonyl (C=O) groups is 4. The van der Waals surface area contributed by atoms with Crippen molar-refractivity contribution in [2.45, 2.75) is 37.4 Å². The molecule has 198 valence electrons. The summed E-state index contributed by atoms with van der Waals surface area (Å²) in [4.78, 5) is 59.8. The Morgan fingerprint density at radius 2 is 1.81 bits per heavy atom. The number of para-hydroxylation sites is 1. The van der Waals surface area contributed by atoms with Crippen LogP contribution >= 0.6 is 11.8 Å². The van der Waals surface area contributed by atoms with Crippen LogP contribution in [0.2, 0.25) is 0 Å². The topological polar surface area (TPSA) is 195 Å². The van der Waals surface area contributed by atoms with Crippen LogP contribution in [-0.4, -0.2) is 80.4 Å². The molecule has 0 aliphatic rings. The quantitative estimate of drug-likeness (QED) is 0.151. The van der Waals surface area contributed by atoms with E-state index >= 15 is 0 Å². The molecule has 0 spiro atoms. The van der Waals surface area contributed by atoms with Gasteiger partial charge in [-0.3, -0.25) is 19.2 Å². The first-order valence-corrected chi connectivity index (χ1v) is 13.0. The first-order chi connectivity index (χ1) is 17.8. The highest BCUT2D eigenvalue weighted by Crippen LogP contribution is 2.19. The minimum absolute atomic E-state index is 0.143. The number of rotatable bonds is 14. The van der Waals surface area contributed by atoms with E-state index in [1.807, 2.05) is 30.5 Å². The molecule has 3 amide bonds. The third-order valence-electron chi connectivity index (χ3n) is 5.72. The highest BCUT2D eigenvalue weighted by molar-refractivity contribution is 7.98. The van der Waals surface area contributed by atoms with Crippen molar-refractivity contribution < 1.29 is 24.3 Å². The lowest BCUT2D eigenvalue weighted by Gasteiger charge is -2.24. The van der Waals surface area contributed by atoms with Crippen molar-refractivity contribution in [3.63, 3.8) is 0 Å². The lowest BCUT2D eigenvalue weighted by atomic mass is 10.0. The Balaban J connectivity index is 1.79. The number of H-pyrrole nitrogens is 2. The molecule has 0 radical (unpaired) electrons. The summed E-state index contributed by atoms with van der Waals surface area (Å²) in [6.07, 6.45) is 7.30. The van der Waals surface area contributed by atoms with E-state index in [4.69, 9.17) is 10.8 Å². The van der Waals surface area contributed by atoms with Gasteiger partial charge in [0.25, 0.3) is 0 Å². The second-order valence-corrected chi connectivity index (χ2v) is 9.45. The fraction of sp³-hybridized carbons (Fsp3) is 0.375. The summed E-state index contributed by atoms with van der Waals surface area (Å²) in [6.45, 7) is -0.567. The van der Waals surface area contributed by atoms with E-state index in [1.54, 1.807) is 12.4 Å². The Bertz CT molecular complexity index is 1210. The molecule has 0 saturated heterocycles. The van der Waals surface area contributed by atoms with Crippen molar-refractivity contribution >= 4 is 46.4 Å². The van der Waals surface area contributed by atoms with Gasteiger partial charge in [0.2, 0.25) is 17.7 Å². The molecule has 37 heavy (non-hydrogen) atoms. The van der Waals surface area contributed by atoms with Gasteiger partial charge in [-0.25, -0.2) is 4.98 Å². The second-order valence-electron chi connectivity index (χ2n) is 8.47. The summed E-state index contributed by atoms with van der Waals surface area (Å²) >= 11 is 1.48. The van der Waals surface area contributed by atoms with Gasteiger partial charge in [-0.05, 0) is 30.1 Å². The molecular formula is C24H31N7O5S. The van der Waals surface area contributed by atoms with Crippen molar-refractivity contribution in [2.24, 2.45) is 5.73 Å². The predicted molar refractivity (Wildman–Crippen MR) is 140 cm³/mol. The van der Waals surface area contributed by atoms with Crippen LogP contribution < -0.4 is 21.7 Å². The number of nitrogens with two attached hydrogens (primary N) is 1. The van der Waals surface area contributed by atoms with Gasteiger partial charge >= 0.3 is 5.97 Å². The van der Waals surface area contributed by atoms with Crippen molar-refractivity contribution in [3.05, 3.63) is 54.2 Å². The average Bonchev–Trinajstić information content (AvgIpc) is 3.54. The van der Waals surface area contributed by atoms with Crippen molar-refractivity contribution in [3.8, 4) is 0 Å². The van der Waals surface area contributed by atoms with E-state index in [9.17, 15) is 19.2 Å². The average molecular weight is 530 g/mol. The molecule has 0 bridgehead atoms. The van der Waals surface area contributed by atoms with E-state index in [2.05, 4.69) is 30.9 Å². The van der Waals surface area contributed by atoms with E-state index in [-0.39, 0.29) is 19.3 Å². The number of imidazole rings is 1. The van der Waals surface area contributed by atoms with Crippen LogP contribution in [0.5, 0.6) is 0 Å². The van der Waals surface area contributed by atoms with Crippen LogP contribution in [0.4, 0.5) is 0 Å². The zero-order chi connectivity index (χ0) is 26.8. The molecule has 0 aliphatic heterocycles. The summed E-state index contributed by atoms with van der Waals surface area (Å²) in [5.41, 5.74) is 8.44. The number of nitrogens with one attached hydrogen (secondary N) is 5. The van der Waals surface area contributed by atoms with Gasteiger partial charge in [0, 0.05) is 41.8 Å². The van der Waals surface area contributed by atoms with Gasteiger partial charge in [0.05, 0.1) is 12.4 Å². The zero-order valence-electron chi connectivity index (χ0n) is 20.3. The lowest BCUT2D eigenvalue weighted by Crippen LogP contribution is -2.57. The number of amides is 3. The lowest BCUT2D eigenvalue weighted by molar-refractivity contribution is -0.138. The molecule has 0 fully saturated rings. The fourth-order valence-corrected chi connectivity index (χ4v) is 4.27. The molecule has 0 aliphatic carbocycles. The highest BCUT2D eigenvalue weighted by atomic mass is 32.2. The van der Waals surface area contributed by atoms with Crippen LogP contribution in [0.15, 0.2) is 43.0 Å². The molecule has 3 unspecified atom stereocenters. The molecule has 13 heteroatoms. The molecule has 3 aromatic rings. The number of carboxylic acids is 1. The molecule has 1 aromatic carbocycles. The van der Waals surface area contributed by atoms with Crippen LogP contribution in [0.1, 0.15) is 17.7 Å². The zero-order valence-corrected chi connectivity index (χ0v) is 21.1. The number of fused-ring (bicyclic) bond motifs is 1. The molecule has 0 saturated carbocycles. The van der Waals surface area contributed by atoms with Gasteiger partial charge < -0.3 is 36.8 Å². The van der Waals surface area contributed by atoms with E-state index in [0.717, 1.165) is 16.5 Å². The number of hydrogen-bond donors (Lipinski definition) is 7. The number of aromatic nitrogens is 3. The van der Waals surface area contributed by atoms with Gasteiger partial charge in [-0.15, -0.1) is 0 Å². The number of aliphatic carboxylic acids is 1. The van der Waals surface area contributed by atoms with E-state index < -0.39 is 48.4 Å². The Kier molecular flexibility index (Phi) is 10.1. The number of aromatic amines is 2. The Morgan fingerprint density at radius 3 is 2.51 bits per heavy atom. The maximum Gasteiger partial charge on any atom is 0.322 e. The Morgan fingerprint density at radius 1 is 1.05 bits per heavy atom.